The number of aromatic nitrogens is 2. The number of rotatable bonds is 3. The zero-order valence-corrected chi connectivity index (χ0v) is 15.8. The number of halogens is 1. The lowest BCUT2D eigenvalue weighted by molar-refractivity contribution is 0.0947. The third-order valence-corrected chi connectivity index (χ3v) is 4.78. The maximum absolute atomic E-state index is 12.6. The zero-order chi connectivity index (χ0) is 18.1. The van der Waals surface area contributed by atoms with E-state index >= 15 is 0 Å². The van der Waals surface area contributed by atoms with Gasteiger partial charge in [-0.3, -0.25) is 14.0 Å². The molecule has 0 saturated carbocycles. The van der Waals surface area contributed by atoms with Crippen LogP contribution in [-0.4, -0.2) is 28.4 Å². The van der Waals surface area contributed by atoms with Crippen molar-refractivity contribution in [1.29, 1.82) is 0 Å². The highest BCUT2D eigenvalue weighted by atomic mass is 35.5. The SMILES string of the molecule is Cc1ccc2ncc(C(=O)NCC3NCCc4ccccc43)c(=O)n2c1.Cl. The number of amides is 1. The first-order chi connectivity index (χ1) is 12.6. The molecule has 7 heteroatoms. The van der Waals surface area contributed by atoms with Crippen molar-refractivity contribution >= 4 is 24.0 Å². The van der Waals surface area contributed by atoms with E-state index in [1.165, 1.54) is 21.7 Å². The summed E-state index contributed by atoms with van der Waals surface area (Å²) in [6.45, 7) is 3.19. The molecule has 1 unspecified atom stereocenters. The molecular weight excluding hydrogens is 364 g/mol. The van der Waals surface area contributed by atoms with E-state index in [4.69, 9.17) is 0 Å². The summed E-state index contributed by atoms with van der Waals surface area (Å²) in [5, 5.41) is 6.30. The van der Waals surface area contributed by atoms with E-state index in [-0.39, 0.29) is 29.6 Å². The number of carbonyl (C=O) groups excluding carboxylic acids is 1. The first-order valence-corrected chi connectivity index (χ1v) is 8.71. The quantitative estimate of drug-likeness (QED) is 0.724. The Labute approximate surface area is 163 Å². The Morgan fingerprint density at radius 2 is 2.11 bits per heavy atom. The Morgan fingerprint density at radius 1 is 1.30 bits per heavy atom. The topological polar surface area (TPSA) is 75.5 Å². The Morgan fingerprint density at radius 3 is 2.96 bits per heavy atom. The molecule has 2 aromatic heterocycles. The van der Waals surface area contributed by atoms with Crippen LogP contribution in [0.5, 0.6) is 0 Å². The van der Waals surface area contributed by atoms with Crippen molar-refractivity contribution in [3.05, 3.63) is 81.4 Å². The van der Waals surface area contributed by atoms with Crippen LogP contribution in [-0.2, 0) is 6.42 Å². The molecule has 1 amide bonds. The van der Waals surface area contributed by atoms with Gasteiger partial charge in [-0.05, 0) is 42.6 Å². The zero-order valence-electron chi connectivity index (χ0n) is 14.9. The van der Waals surface area contributed by atoms with E-state index < -0.39 is 5.91 Å². The molecule has 1 aliphatic rings. The monoisotopic (exact) mass is 384 g/mol. The molecule has 0 bridgehead atoms. The number of benzene rings is 1. The van der Waals surface area contributed by atoms with E-state index in [1.807, 2.05) is 25.1 Å². The van der Waals surface area contributed by atoms with Gasteiger partial charge in [0.05, 0.1) is 0 Å². The molecule has 1 aliphatic heterocycles. The van der Waals surface area contributed by atoms with Crippen molar-refractivity contribution < 1.29 is 4.79 Å². The Kier molecular flexibility index (Phi) is 5.58. The van der Waals surface area contributed by atoms with Gasteiger partial charge in [0.1, 0.15) is 11.2 Å². The molecule has 27 heavy (non-hydrogen) atoms. The second-order valence-electron chi connectivity index (χ2n) is 6.58. The molecule has 0 saturated heterocycles. The molecule has 0 radical (unpaired) electrons. The number of fused-ring (bicyclic) bond motifs is 2. The van der Waals surface area contributed by atoms with Crippen LogP contribution >= 0.6 is 12.4 Å². The molecule has 0 fully saturated rings. The highest BCUT2D eigenvalue weighted by Gasteiger charge is 2.21. The number of aryl methyl sites for hydroxylation is 1. The van der Waals surface area contributed by atoms with Gasteiger partial charge >= 0.3 is 0 Å². The van der Waals surface area contributed by atoms with E-state index in [0.717, 1.165) is 18.5 Å². The van der Waals surface area contributed by atoms with E-state index in [2.05, 4.69) is 27.8 Å². The number of hydrogen-bond acceptors (Lipinski definition) is 4. The smallest absolute Gasteiger partial charge is 0.270 e. The molecule has 2 N–H and O–H groups in total. The van der Waals surface area contributed by atoms with Gasteiger partial charge in [-0.1, -0.05) is 30.3 Å². The fourth-order valence-corrected chi connectivity index (χ4v) is 3.40. The van der Waals surface area contributed by atoms with Crippen LogP contribution in [0.25, 0.3) is 5.65 Å². The summed E-state index contributed by atoms with van der Waals surface area (Å²) in [4.78, 5) is 29.4. The van der Waals surface area contributed by atoms with Crippen LogP contribution in [0.2, 0.25) is 0 Å². The standard InChI is InChI=1S/C20H20N4O2.ClH/c1-13-6-7-18-22-10-16(20(26)24(18)12-13)19(25)23-11-17-15-5-3-2-4-14(15)8-9-21-17;/h2-7,10,12,17,21H,8-9,11H2,1H3,(H,23,25);1H. The maximum Gasteiger partial charge on any atom is 0.270 e. The van der Waals surface area contributed by atoms with E-state index in [9.17, 15) is 9.59 Å². The third-order valence-electron chi connectivity index (χ3n) is 4.78. The van der Waals surface area contributed by atoms with Gasteiger partial charge in [-0.2, -0.15) is 0 Å². The number of nitrogens with one attached hydrogen (secondary N) is 2. The molecule has 1 aromatic carbocycles. The molecule has 0 aliphatic carbocycles. The summed E-state index contributed by atoms with van der Waals surface area (Å²) in [7, 11) is 0. The highest BCUT2D eigenvalue weighted by Crippen LogP contribution is 2.21. The Bertz CT molecular complexity index is 1050. The van der Waals surface area contributed by atoms with Crippen LogP contribution in [0.15, 0.2) is 53.6 Å². The van der Waals surface area contributed by atoms with Crippen molar-refractivity contribution in [1.82, 2.24) is 20.0 Å². The van der Waals surface area contributed by atoms with Gasteiger partial charge in [-0.25, -0.2) is 4.98 Å². The second-order valence-corrected chi connectivity index (χ2v) is 6.58. The van der Waals surface area contributed by atoms with Crippen molar-refractivity contribution in [3.63, 3.8) is 0 Å². The summed E-state index contributed by atoms with van der Waals surface area (Å²) in [5.74, 6) is -0.400. The minimum Gasteiger partial charge on any atom is -0.350 e. The molecule has 0 spiro atoms. The highest BCUT2D eigenvalue weighted by molar-refractivity contribution is 5.93. The number of pyridine rings is 1. The lowest BCUT2D eigenvalue weighted by Crippen LogP contribution is -2.40. The third kappa shape index (κ3) is 3.72. The van der Waals surface area contributed by atoms with Gasteiger partial charge < -0.3 is 10.6 Å². The summed E-state index contributed by atoms with van der Waals surface area (Å²) >= 11 is 0. The second kappa shape index (κ2) is 7.90. The van der Waals surface area contributed by atoms with Gasteiger partial charge in [-0.15, -0.1) is 12.4 Å². The minimum atomic E-state index is -0.400. The number of carbonyl (C=O) groups is 1. The maximum atomic E-state index is 12.6. The fourth-order valence-electron chi connectivity index (χ4n) is 3.40. The first-order valence-electron chi connectivity index (χ1n) is 8.71. The molecule has 3 aromatic rings. The van der Waals surface area contributed by atoms with Crippen molar-refractivity contribution in [2.75, 3.05) is 13.1 Å². The summed E-state index contributed by atoms with van der Waals surface area (Å²) in [5.41, 5.74) is 3.66. The number of hydrogen-bond donors (Lipinski definition) is 2. The van der Waals surface area contributed by atoms with Crippen molar-refractivity contribution in [2.45, 2.75) is 19.4 Å². The van der Waals surface area contributed by atoms with E-state index in [1.54, 1.807) is 12.3 Å². The number of nitrogens with zero attached hydrogens (tertiary/aromatic N) is 2. The molecule has 1 atom stereocenters. The molecule has 6 nitrogen and oxygen atoms in total. The van der Waals surface area contributed by atoms with Gasteiger partial charge in [0, 0.05) is 25.0 Å². The van der Waals surface area contributed by atoms with Crippen LogP contribution in [0.1, 0.15) is 33.1 Å². The molecule has 140 valence electrons. The van der Waals surface area contributed by atoms with Crippen LogP contribution in [0, 0.1) is 6.92 Å². The Balaban J connectivity index is 0.00000210. The molecule has 4 rings (SSSR count). The molecular formula is C20H21ClN4O2. The van der Waals surface area contributed by atoms with Crippen molar-refractivity contribution in [3.8, 4) is 0 Å². The summed E-state index contributed by atoms with van der Waals surface area (Å²) in [6.07, 6.45) is 4.03. The minimum absolute atomic E-state index is 0. The summed E-state index contributed by atoms with van der Waals surface area (Å²) in [6, 6.07) is 11.9. The Hall–Kier alpha value is -2.70. The fraction of sp³-hybridized carbons (Fsp3) is 0.250. The predicted octanol–water partition coefficient (Wildman–Crippen LogP) is 2.04. The van der Waals surface area contributed by atoms with Gasteiger partial charge in [0.2, 0.25) is 0 Å². The average molecular weight is 385 g/mol. The van der Waals surface area contributed by atoms with Gasteiger partial charge in [0.15, 0.2) is 0 Å². The van der Waals surface area contributed by atoms with Crippen molar-refractivity contribution in [2.24, 2.45) is 0 Å². The van der Waals surface area contributed by atoms with Crippen LogP contribution < -0.4 is 16.2 Å². The lowest BCUT2D eigenvalue weighted by Gasteiger charge is -2.27. The van der Waals surface area contributed by atoms with E-state index in [0.29, 0.717) is 12.2 Å². The first kappa shape index (κ1) is 19.1. The lowest BCUT2D eigenvalue weighted by atomic mass is 9.94. The largest absolute Gasteiger partial charge is 0.350 e. The predicted molar refractivity (Wildman–Crippen MR) is 107 cm³/mol. The normalized spacial score (nSPS) is 15.7. The van der Waals surface area contributed by atoms with Gasteiger partial charge in [0.25, 0.3) is 11.5 Å². The summed E-state index contributed by atoms with van der Waals surface area (Å²) < 4.78 is 1.42. The van der Waals surface area contributed by atoms with Crippen LogP contribution in [0.3, 0.4) is 0 Å². The molecule has 3 heterocycles. The average Bonchev–Trinajstić information content (AvgIpc) is 2.67. The van der Waals surface area contributed by atoms with Crippen LogP contribution in [0.4, 0.5) is 0 Å².